The Morgan fingerprint density at radius 2 is 2.00 bits per heavy atom. The lowest BCUT2D eigenvalue weighted by Crippen LogP contribution is -1.93. The first-order chi connectivity index (χ1) is 8.79. The largest absolute Gasteiger partial charge is 0.339 e. The number of nitrogens with zero attached hydrogens (tertiary/aromatic N) is 2. The van der Waals surface area contributed by atoms with Crippen LogP contribution in [0.4, 0.5) is 0 Å². The minimum Gasteiger partial charge on any atom is -0.339 e. The van der Waals surface area contributed by atoms with Crippen molar-refractivity contribution in [3.05, 3.63) is 47.6 Å². The average Bonchev–Trinajstić information content (AvgIpc) is 2.88. The lowest BCUT2D eigenvalue weighted by atomic mass is 10.1. The van der Waals surface area contributed by atoms with Gasteiger partial charge in [0.05, 0.1) is 5.38 Å². The van der Waals surface area contributed by atoms with Crippen molar-refractivity contribution in [1.29, 1.82) is 0 Å². The van der Waals surface area contributed by atoms with Crippen LogP contribution in [0, 0.1) is 0 Å². The van der Waals surface area contributed by atoms with E-state index < -0.39 is 0 Å². The summed E-state index contributed by atoms with van der Waals surface area (Å²) in [7, 11) is 0. The van der Waals surface area contributed by atoms with Crippen LogP contribution in [0.3, 0.4) is 0 Å². The highest BCUT2D eigenvalue weighted by atomic mass is 35.5. The minimum atomic E-state index is -0.142. The molecule has 2 rings (SSSR count). The maximum absolute atomic E-state index is 6.05. The van der Waals surface area contributed by atoms with Crippen LogP contribution < -0.4 is 0 Å². The van der Waals surface area contributed by atoms with E-state index >= 15 is 0 Å². The Kier molecular flexibility index (Phi) is 4.76. The predicted molar refractivity (Wildman–Crippen MR) is 71.7 cm³/mol. The minimum absolute atomic E-state index is 0.142. The fourth-order valence-corrected chi connectivity index (χ4v) is 1.86. The lowest BCUT2D eigenvalue weighted by molar-refractivity contribution is 0.370. The molecule has 96 valence electrons. The second-order valence-corrected chi connectivity index (χ2v) is 4.79. The lowest BCUT2D eigenvalue weighted by Gasteiger charge is -1.98. The molecule has 0 bridgehead atoms. The normalized spacial score (nSPS) is 12.6. The van der Waals surface area contributed by atoms with E-state index in [0.29, 0.717) is 11.7 Å². The van der Waals surface area contributed by atoms with Crippen molar-refractivity contribution in [2.75, 3.05) is 0 Å². The number of benzene rings is 1. The van der Waals surface area contributed by atoms with E-state index in [1.807, 2.05) is 13.0 Å². The first kappa shape index (κ1) is 13.1. The molecule has 1 atom stereocenters. The van der Waals surface area contributed by atoms with Crippen LogP contribution in [0.25, 0.3) is 0 Å². The van der Waals surface area contributed by atoms with Gasteiger partial charge in [0.25, 0.3) is 0 Å². The van der Waals surface area contributed by atoms with Gasteiger partial charge in [-0.2, -0.15) is 4.98 Å². The molecule has 2 aromatic rings. The Balaban J connectivity index is 1.82. The van der Waals surface area contributed by atoms with Crippen molar-refractivity contribution in [2.24, 2.45) is 0 Å². The van der Waals surface area contributed by atoms with Crippen LogP contribution in [-0.2, 0) is 12.8 Å². The zero-order chi connectivity index (χ0) is 12.8. The van der Waals surface area contributed by atoms with Gasteiger partial charge < -0.3 is 4.52 Å². The highest BCUT2D eigenvalue weighted by Gasteiger charge is 2.13. The van der Waals surface area contributed by atoms with Crippen molar-refractivity contribution in [3.63, 3.8) is 0 Å². The van der Waals surface area contributed by atoms with Gasteiger partial charge in [-0.25, -0.2) is 0 Å². The molecule has 0 N–H and O–H groups in total. The van der Waals surface area contributed by atoms with Crippen molar-refractivity contribution in [1.82, 2.24) is 10.1 Å². The number of hydrogen-bond acceptors (Lipinski definition) is 3. The summed E-state index contributed by atoms with van der Waals surface area (Å²) in [5.41, 5.74) is 1.33. The average molecular weight is 265 g/mol. The smallest absolute Gasteiger partial charge is 0.226 e. The number of alkyl halides is 1. The van der Waals surface area contributed by atoms with Crippen molar-refractivity contribution in [2.45, 2.75) is 38.0 Å². The summed E-state index contributed by atoms with van der Waals surface area (Å²) in [5, 5.41) is 3.75. The standard InChI is InChI=1S/C14H17ClN2O/c1-2-12(15)14-16-13(18-17-14)10-6-9-11-7-4-3-5-8-11/h3-5,7-8,12H,2,6,9-10H2,1H3. The van der Waals surface area contributed by atoms with Crippen molar-refractivity contribution < 1.29 is 4.52 Å². The number of halogens is 1. The maximum atomic E-state index is 6.05. The third-order valence-corrected chi connectivity index (χ3v) is 3.33. The third-order valence-electron chi connectivity index (χ3n) is 2.82. The second-order valence-electron chi connectivity index (χ2n) is 4.26. The summed E-state index contributed by atoms with van der Waals surface area (Å²) in [6, 6.07) is 10.4. The van der Waals surface area contributed by atoms with E-state index in [1.54, 1.807) is 0 Å². The van der Waals surface area contributed by atoms with Gasteiger partial charge in [-0.3, -0.25) is 0 Å². The highest BCUT2D eigenvalue weighted by Crippen LogP contribution is 2.20. The van der Waals surface area contributed by atoms with Gasteiger partial charge in [0.2, 0.25) is 5.89 Å². The first-order valence-corrected chi connectivity index (χ1v) is 6.73. The van der Waals surface area contributed by atoms with Crippen LogP contribution in [0.5, 0.6) is 0 Å². The third kappa shape index (κ3) is 3.57. The molecule has 1 aromatic heterocycles. The molecule has 4 heteroatoms. The monoisotopic (exact) mass is 264 g/mol. The maximum Gasteiger partial charge on any atom is 0.226 e. The van der Waals surface area contributed by atoms with E-state index in [2.05, 4.69) is 34.4 Å². The Morgan fingerprint density at radius 1 is 1.22 bits per heavy atom. The molecule has 3 nitrogen and oxygen atoms in total. The summed E-state index contributed by atoms with van der Waals surface area (Å²) in [4.78, 5) is 4.30. The molecule has 0 saturated carbocycles. The molecular formula is C14H17ClN2O. The van der Waals surface area contributed by atoms with Crippen LogP contribution in [0.1, 0.15) is 42.4 Å². The molecule has 0 aliphatic carbocycles. The van der Waals surface area contributed by atoms with Crippen molar-refractivity contribution >= 4 is 11.6 Å². The van der Waals surface area contributed by atoms with Gasteiger partial charge in [-0.1, -0.05) is 42.4 Å². The van der Waals surface area contributed by atoms with E-state index in [1.165, 1.54) is 5.56 Å². The number of aryl methyl sites for hydroxylation is 2. The summed E-state index contributed by atoms with van der Waals surface area (Å²) < 4.78 is 5.18. The van der Waals surface area contributed by atoms with Gasteiger partial charge in [-0.15, -0.1) is 11.6 Å². The van der Waals surface area contributed by atoms with Gasteiger partial charge in [0.15, 0.2) is 5.82 Å². The Hall–Kier alpha value is -1.35. The molecule has 18 heavy (non-hydrogen) atoms. The fraction of sp³-hybridized carbons (Fsp3) is 0.429. The zero-order valence-corrected chi connectivity index (χ0v) is 11.2. The van der Waals surface area contributed by atoms with Gasteiger partial charge in [0.1, 0.15) is 0 Å². The summed E-state index contributed by atoms with van der Waals surface area (Å²) >= 11 is 6.05. The van der Waals surface area contributed by atoms with Crippen molar-refractivity contribution in [3.8, 4) is 0 Å². The van der Waals surface area contributed by atoms with E-state index in [9.17, 15) is 0 Å². The van der Waals surface area contributed by atoms with E-state index in [4.69, 9.17) is 16.1 Å². The van der Waals surface area contributed by atoms with Crippen LogP contribution in [0.2, 0.25) is 0 Å². The second kappa shape index (κ2) is 6.55. The zero-order valence-electron chi connectivity index (χ0n) is 10.5. The molecule has 0 spiro atoms. The molecule has 0 aliphatic rings. The summed E-state index contributed by atoms with van der Waals surface area (Å²) in [6.45, 7) is 2.00. The fourth-order valence-electron chi connectivity index (χ4n) is 1.77. The molecule has 1 unspecified atom stereocenters. The topological polar surface area (TPSA) is 38.9 Å². The Morgan fingerprint density at radius 3 is 2.72 bits per heavy atom. The molecule has 0 aliphatic heterocycles. The van der Waals surface area contributed by atoms with Gasteiger partial charge >= 0.3 is 0 Å². The molecule has 0 amide bonds. The van der Waals surface area contributed by atoms with Crippen LogP contribution in [-0.4, -0.2) is 10.1 Å². The van der Waals surface area contributed by atoms with Crippen LogP contribution >= 0.6 is 11.6 Å². The first-order valence-electron chi connectivity index (χ1n) is 6.30. The molecular weight excluding hydrogens is 248 g/mol. The SMILES string of the molecule is CCC(Cl)c1noc(CCCc2ccccc2)n1. The Labute approximate surface area is 112 Å². The molecule has 0 radical (unpaired) electrons. The molecule has 1 aromatic carbocycles. The number of aromatic nitrogens is 2. The summed E-state index contributed by atoms with van der Waals surface area (Å²) in [5.74, 6) is 1.29. The van der Waals surface area contributed by atoms with Gasteiger partial charge in [0, 0.05) is 6.42 Å². The molecule has 0 saturated heterocycles. The highest BCUT2D eigenvalue weighted by molar-refractivity contribution is 6.20. The molecule has 0 fully saturated rings. The van der Waals surface area contributed by atoms with E-state index in [-0.39, 0.29) is 5.38 Å². The number of hydrogen-bond donors (Lipinski definition) is 0. The van der Waals surface area contributed by atoms with Gasteiger partial charge in [-0.05, 0) is 24.8 Å². The number of rotatable bonds is 6. The Bertz CT molecular complexity index is 470. The van der Waals surface area contributed by atoms with Crippen LogP contribution in [0.15, 0.2) is 34.9 Å². The van der Waals surface area contributed by atoms with E-state index in [0.717, 1.165) is 25.7 Å². The predicted octanol–water partition coefficient (Wildman–Crippen LogP) is 3.93. The molecule has 1 heterocycles. The quantitative estimate of drug-likeness (QED) is 0.742. The summed E-state index contributed by atoms with van der Waals surface area (Å²) in [6.07, 6.45) is 3.64.